The lowest BCUT2D eigenvalue weighted by molar-refractivity contribution is -0.153. The Labute approximate surface area is 104 Å². The zero-order valence-corrected chi connectivity index (χ0v) is 10.4. The SMILES string of the molecule is CCOC(=O)C(C)(Cl)Oc1ccc(C=O)cc1. The average molecular weight is 257 g/mol. The van der Waals surface area contributed by atoms with Crippen LogP contribution in [0.2, 0.25) is 0 Å². The molecular formula is C12H13ClO4. The van der Waals surface area contributed by atoms with Crippen molar-refractivity contribution in [2.24, 2.45) is 0 Å². The number of rotatable bonds is 5. The van der Waals surface area contributed by atoms with E-state index in [0.29, 0.717) is 11.3 Å². The van der Waals surface area contributed by atoms with Crippen molar-refractivity contribution in [2.45, 2.75) is 18.9 Å². The molecule has 0 spiro atoms. The molecule has 0 radical (unpaired) electrons. The lowest BCUT2D eigenvalue weighted by Crippen LogP contribution is -2.37. The van der Waals surface area contributed by atoms with E-state index in [0.717, 1.165) is 6.29 Å². The average Bonchev–Trinajstić information content (AvgIpc) is 2.30. The van der Waals surface area contributed by atoms with Crippen LogP contribution in [0.5, 0.6) is 5.75 Å². The number of carbonyl (C=O) groups excluding carboxylic acids is 2. The molecule has 0 bridgehead atoms. The molecule has 1 aromatic rings. The van der Waals surface area contributed by atoms with E-state index in [1.54, 1.807) is 31.2 Å². The van der Waals surface area contributed by atoms with Crippen LogP contribution in [0.3, 0.4) is 0 Å². The van der Waals surface area contributed by atoms with Gasteiger partial charge in [0, 0.05) is 12.5 Å². The van der Waals surface area contributed by atoms with Crippen LogP contribution in [-0.4, -0.2) is 23.9 Å². The molecule has 0 saturated heterocycles. The van der Waals surface area contributed by atoms with E-state index in [2.05, 4.69) is 0 Å². The summed E-state index contributed by atoms with van der Waals surface area (Å²) in [4.78, 5) is 21.9. The predicted octanol–water partition coefficient (Wildman–Crippen LogP) is 2.40. The lowest BCUT2D eigenvalue weighted by atomic mass is 10.2. The van der Waals surface area contributed by atoms with Crippen molar-refractivity contribution >= 4 is 23.9 Å². The third-order valence-electron chi connectivity index (χ3n) is 1.97. The molecule has 17 heavy (non-hydrogen) atoms. The highest BCUT2D eigenvalue weighted by Gasteiger charge is 2.34. The zero-order valence-electron chi connectivity index (χ0n) is 9.60. The van der Waals surface area contributed by atoms with Gasteiger partial charge in [0.25, 0.3) is 5.06 Å². The third kappa shape index (κ3) is 3.75. The number of halogens is 1. The van der Waals surface area contributed by atoms with Gasteiger partial charge in [-0.05, 0) is 31.2 Å². The number of hydrogen-bond donors (Lipinski definition) is 0. The number of benzene rings is 1. The first kappa shape index (κ1) is 13.5. The first-order valence-corrected chi connectivity index (χ1v) is 5.47. The van der Waals surface area contributed by atoms with Crippen LogP contribution in [0.25, 0.3) is 0 Å². The summed E-state index contributed by atoms with van der Waals surface area (Å²) < 4.78 is 10.1. The highest BCUT2D eigenvalue weighted by Crippen LogP contribution is 2.23. The van der Waals surface area contributed by atoms with E-state index in [-0.39, 0.29) is 6.61 Å². The van der Waals surface area contributed by atoms with Crippen molar-refractivity contribution in [3.05, 3.63) is 29.8 Å². The summed E-state index contributed by atoms with van der Waals surface area (Å²) in [6, 6.07) is 6.26. The number of hydrogen-bond acceptors (Lipinski definition) is 4. The highest BCUT2D eigenvalue weighted by molar-refractivity contribution is 6.32. The number of carbonyl (C=O) groups is 2. The van der Waals surface area contributed by atoms with Gasteiger partial charge in [-0.3, -0.25) is 4.79 Å². The van der Waals surface area contributed by atoms with Crippen molar-refractivity contribution in [2.75, 3.05) is 6.61 Å². The van der Waals surface area contributed by atoms with Gasteiger partial charge in [0.15, 0.2) is 0 Å². The van der Waals surface area contributed by atoms with Crippen LogP contribution < -0.4 is 4.74 Å². The molecule has 4 nitrogen and oxygen atoms in total. The van der Waals surface area contributed by atoms with Gasteiger partial charge in [-0.25, -0.2) is 4.79 Å². The Balaban J connectivity index is 2.74. The van der Waals surface area contributed by atoms with E-state index in [1.165, 1.54) is 6.92 Å². The molecule has 0 heterocycles. The minimum atomic E-state index is -1.57. The topological polar surface area (TPSA) is 52.6 Å². The van der Waals surface area contributed by atoms with Gasteiger partial charge in [0.1, 0.15) is 12.0 Å². The van der Waals surface area contributed by atoms with Gasteiger partial charge >= 0.3 is 5.97 Å². The molecule has 0 amide bonds. The van der Waals surface area contributed by atoms with Gasteiger partial charge < -0.3 is 9.47 Å². The van der Waals surface area contributed by atoms with Crippen LogP contribution in [-0.2, 0) is 9.53 Å². The zero-order chi connectivity index (χ0) is 12.9. The van der Waals surface area contributed by atoms with Crippen LogP contribution in [0.15, 0.2) is 24.3 Å². The number of aldehydes is 1. The van der Waals surface area contributed by atoms with Gasteiger partial charge in [0.2, 0.25) is 0 Å². The van der Waals surface area contributed by atoms with Crippen LogP contribution in [0.4, 0.5) is 0 Å². The summed E-state index contributed by atoms with van der Waals surface area (Å²) in [7, 11) is 0. The summed E-state index contributed by atoms with van der Waals surface area (Å²) in [5.41, 5.74) is 0.518. The number of ether oxygens (including phenoxy) is 2. The van der Waals surface area contributed by atoms with Crippen molar-refractivity contribution in [1.82, 2.24) is 0 Å². The second-order valence-corrected chi connectivity index (χ2v) is 4.15. The molecule has 0 aliphatic carbocycles. The van der Waals surface area contributed by atoms with Crippen LogP contribution in [0, 0.1) is 0 Å². The van der Waals surface area contributed by atoms with E-state index >= 15 is 0 Å². The van der Waals surface area contributed by atoms with E-state index in [4.69, 9.17) is 21.1 Å². The summed E-state index contributed by atoms with van der Waals surface area (Å²) in [5, 5.41) is -1.57. The van der Waals surface area contributed by atoms with Crippen LogP contribution in [0.1, 0.15) is 24.2 Å². The number of esters is 1. The molecular weight excluding hydrogens is 244 g/mol. The molecule has 0 fully saturated rings. The van der Waals surface area contributed by atoms with Gasteiger partial charge in [-0.1, -0.05) is 11.6 Å². The molecule has 0 aromatic heterocycles. The minimum absolute atomic E-state index is 0.231. The van der Waals surface area contributed by atoms with Crippen molar-refractivity contribution in [1.29, 1.82) is 0 Å². The molecule has 1 atom stereocenters. The van der Waals surface area contributed by atoms with E-state index in [9.17, 15) is 9.59 Å². The monoisotopic (exact) mass is 256 g/mol. The highest BCUT2D eigenvalue weighted by atomic mass is 35.5. The summed E-state index contributed by atoms with van der Waals surface area (Å²) in [6.45, 7) is 3.32. The van der Waals surface area contributed by atoms with Crippen molar-refractivity contribution in [3.63, 3.8) is 0 Å². The molecule has 1 unspecified atom stereocenters. The van der Waals surface area contributed by atoms with Gasteiger partial charge in [-0.2, -0.15) is 0 Å². The summed E-state index contributed by atoms with van der Waals surface area (Å²) in [5.74, 6) is -0.262. The van der Waals surface area contributed by atoms with Crippen LogP contribution >= 0.6 is 11.6 Å². The molecule has 5 heteroatoms. The first-order chi connectivity index (χ1) is 7.99. The molecule has 92 valence electrons. The Kier molecular flexibility index (Phi) is 4.52. The third-order valence-corrected chi connectivity index (χ3v) is 2.20. The van der Waals surface area contributed by atoms with Crippen molar-refractivity contribution in [3.8, 4) is 5.75 Å². The Morgan fingerprint density at radius 2 is 2.00 bits per heavy atom. The smallest absolute Gasteiger partial charge is 0.366 e. The fourth-order valence-corrected chi connectivity index (χ4v) is 1.28. The fourth-order valence-electron chi connectivity index (χ4n) is 1.14. The Morgan fingerprint density at radius 1 is 1.41 bits per heavy atom. The van der Waals surface area contributed by atoms with Gasteiger partial charge in [0.05, 0.1) is 6.61 Å². The van der Waals surface area contributed by atoms with E-state index in [1.807, 2.05) is 0 Å². The molecule has 1 rings (SSSR count). The molecule has 1 aromatic carbocycles. The lowest BCUT2D eigenvalue weighted by Gasteiger charge is -2.21. The Bertz CT molecular complexity index is 397. The molecule has 0 aliphatic rings. The maximum Gasteiger partial charge on any atom is 0.366 e. The second-order valence-electron chi connectivity index (χ2n) is 3.43. The summed E-state index contributed by atoms with van der Waals surface area (Å²) >= 11 is 5.91. The van der Waals surface area contributed by atoms with E-state index < -0.39 is 11.0 Å². The first-order valence-electron chi connectivity index (χ1n) is 5.10. The minimum Gasteiger partial charge on any atom is -0.462 e. The summed E-state index contributed by atoms with van der Waals surface area (Å²) in [6.07, 6.45) is 0.717. The maximum atomic E-state index is 11.5. The quantitative estimate of drug-likeness (QED) is 0.461. The fraction of sp³-hybridized carbons (Fsp3) is 0.333. The molecule has 0 N–H and O–H groups in total. The van der Waals surface area contributed by atoms with Gasteiger partial charge in [-0.15, -0.1) is 0 Å². The Morgan fingerprint density at radius 3 is 2.47 bits per heavy atom. The van der Waals surface area contributed by atoms with Crippen molar-refractivity contribution < 1.29 is 19.1 Å². The molecule has 0 aliphatic heterocycles. The maximum absolute atomic E-state index is 11.5. The second kappa shape index (κ2) is 5.68. The predicted molar refractivity (Wildman–Crippen MR) is 63.3 cm³/mol. The normalized spacial score (nSPS) is 13.6. The largest absolute Gasteiger partial charge is 0.462 e. The number of alkyl halides is 1. The molecule has 0 saturated carbocycles. The standard InChI is InChI=1S/C12H13ClO4/c1-3-16-11(15)12(2,13)17-10-6-4-9(8-14)5-7-10/h4-8H,3H2,1-2H3. The Hall–Kier alpha value is -1.55.